The van der Waals surface area contributed by atoms with E-state index in [2.05, 4.69) is 20.8 Å². The third-order valence-electron chi connectivity index (χ3n) is 5.18. The van der Waals surface area contributed by atoms with Crippen LogP contribution in [0.15, 0.2) is 0 Å². The molecule has 0 aromatic heterocycles. The molecule has 0 heterocycles. The SMILES string of the molecule is CCCCCCCCCCCCC(C)(C)CCC(=O)OC(=O)CCCC. The Morgan fingerprint density at radius 3 is 1.62 bits per heavy atom. The highest BCUT2D eigenvalue weighted by Crippen LogP contribution is 2.29. The van der Waals surface area contributed by atoms with Gasteiger partial charge in [0.25, 0.3) is 0 Å². The Morgan fingerprint density at radius 2 is 1.08 bits per heavy atom. The lowest BCUT2D eigenvalue weighted by Crippen LogP contribution is -2.17. The van der Waals surface area contributed by atoms with Gasteiger partial charge in [0.1, 0.15) is 0 Å². The molecule has 0 saturated heterocycles. The summed E-state index contributed by atoms with van der Waals surface area (Å²) in [6.45, 7) is 8.71. The summed E-state index contributed by atoms with van der Waals surface area (Å²) < 4.78 is 4.87. The zero-order valence-electron chi connectivity index (χ0n) is 18.0. The molecule has 0 aromatic carbocycles. The molecule has 0 bridgehead atoms. The summed E-state index contributed by atoms with van der Waals surface area (Å²) in [4.78, 5) is 23.2. The molecule has 3 heteroatoms. The Bertz CT molecular complexity index is 360. The molecule has 0 radical (unpaired) electrons. The molecule has 0 atom stereocenters. The fourth-order valence-electron chi connectivity index (χ4n) is 3.21. The first-order valence-electron chi connectivity index (χ1n) is 11.1. The monoisotopic (exact) mass is 368 g/mol. The van der Waals surface area contributed by atoms with Crippen LogP contribution in [0.2, 0.25) is 0 Å². The Morgan fingerprint density at radius 1 is 0.615 bits per heavy atom. The second-order valence-electron chi connectivity index (χ2n) is 8.55. The standard InChI is InChI=1S/C23H44O3/c1-5-7-9-10-11-12-13-14-15-16-19-23(3,4)20-18-22(25)26-21(24)17-8-6-2/h5-20H2,1-4H3. The minimum Gasteiger partial charge on any atom is -0.393 e. The zero-order valence-corrected chi connectivity index (χ0v) is 18.0. The maximum Gasteiger partial charge on any atom is 0.313 e. The fraction of sp³-hybridized carbons (Fsp3) is 0.913. The van der Waals surface area contributed by atoms with Gasteiger partial charge in [-0.05, 0) is 24.7 Å². The molecule has 0 amide bonds. The molecular weight excluding hydrogens is 324 g/mol. The average molecular weight is 369 g/mol. The number of ether oxygens (including phenoxy) is 1. The van der Waals surface area contributed by atoms with Crippen molar-refractivity contribution in [3.63, 3.8) is 0 Å². The van der Waals surface area contributed by atoms with E-state index in [0.29, 0.717) is 12.8 Å². The van der Waals surface area contributed by atoms with Crippen molar-refractivity contribution in [2.45, 2.75) is 130 Å². The molecule has 0 aliphatic heterocycles. The molecule has 26 heavy (non-hydrogen) atoms. The molecule has 0 unspecified atom stereocenters. The van der Waals surface area contributed by atoms with Gasteiger partial charge in [0.15, 0.2) is 0 Å². The van der Waals surface area contributed by atoms with Gasteiger partial charge in [0, 0.05) is 12.8 Å². The van der Waals surface area contributed by atoms with Crippen LogP contribution in [0.25, 0.3) is 0 Å². The third-order valence-corrected chi connectivity index (χ3v) is 5.18. The summed E-state index contributed by atoms with van der Waals surface area (Å²) in [5.41, 5.74) is 0.144. The van der Waals surface area contributed by atoms with Crippen molar-refractivity contribution in [1.29, 1.82) is 0 Å². The molecular formula is C23H44O3. The largest absolute Gasteiger partial charge is 0.393 e. The average Bonchev–Trinajstić information content (AvgIpc) is 2.60. The van der Waals surface area contributed by atoms with Gasteiger partial charge in [-0.1, -0.05) is 98.3 Å². The van der Waals surface area contributed by atoms with Gasteiger partial charge in [-0.15, -0.1) is 0 Å². The fourth-order valence-corrected chi connectivity index (χ4v) is 3.21. The summed E-state index contributed by atoms with van der Waals surface area (Å²) in [5, 5.41) is 0. The van der Waals surface area contributed by atoms with E-state index in [1.807, 2.05) is 6.92 Å². The number of carbonyl (C=O) groups excluding carboxylic acids is 2. The van der Waals surface area contributed by atoms with E-state index >= 15 is 0 Å². The Balaban J connectivity index is 3.63. The van der Waals surface area contributed by atoms with Gasteiger partial charge < -0.3 is 4.74 Å². The van der Waals surface area contributed by atoms with E-state index in [0.717, 1.165) is 25.7 Å². The number of hydrogen-bond donors (Lipinski definition) is 0. The summed E-state index contributed by atoms with van der Waals surface area (Å²) in [7, 11) is 0. The summed E-state index contributed by atoms with van der Waals surface area (Å²) in [5.74, 6) is -0.730. The topological polar surface area (TPSA) is 43.4 Å². The van der Waals surface area contributed by atoms with Crippen molar-refractivity contribution in [2.75, 3.05) is 0 Å². The number of esters is 2. The van der Waals surface area contributed by atoms with Gasteiger partial charge in [-0.3, -0.25) is 9.59 Å². The highest BCUT2D eigenvalue weighted by molar-refractivity contribution is 5.85. The van der Waals surface area contributed by atoms with Crippen LogP contribution in [-0.2, 0) is 14.3 Å². The quantitative estimate of drug-likeness (QED) is 0.153. The van der Waals surface area contributed by atoms with E-state index in [4.69, 9.17) is 4.74 Å². The number of carbonyl (C=O) groups is 2. The van der Waals surface area contributed by atoms with Crippen LogP contribution in [0.4, 0.5) is 0 Å². The summed E-state index contributed by atoms with van der Waals surface area (Å²) in [6, 6.07) is 0. The highest BCUT2D eigenvalue weighted by Gasteiger charge is 2.20. The molecule has 0 saturated carbocycles. The van der Waals surface area contributed by atoms with Crippen molar-refractivity contribution in [1.82, 2.24) is 0 Å². The molecule has 0 N–H and O–H groups in total. The summed E-state index contributed by atoms with van der Waals surface area (Å²) in [6.07, 6.45) is 17.9. The van der Waals surface area contributed by atoms with Crippen molar-refractivity contribution in [3.8, 4) is 0 Å². The first-order chi connectivity index (χ1) is 12.4. The van der Waals surface area contributed by atoms with Crippen LogP contribution in [0.3, 0.4) is 0 Å². The van der Waals surface area contributed by atoms with Crippen molar-refractivity contribution < 1.29 is 14.3 Å². The van der Waals surface area contributed by atoms with Crippen LogP contribution < -0.4 is 0 Å². The second-order valence-corrected chi connectivity index (χ2v) is 8.55. The van der Waals surface area contributed by atoms with Crippen molar-refractivity contribution >= 4 is 11.9 Å². The van der Waals surface area contributed by atoms with Gasteiger partial charge in [0.05, 0.1) is 0 Å². The lowest BCUT2D eigenvalue weighted by Gasteiger charge is -2.24. The number of unbranched alkanes of at least 4 members (excludes halogenated alkanes) is 10. The summed E-state index contributed by atoms with van der Waals surface area (Å²) >= 11 is 0. The van der Waals surface area contributed by atoms with Crippen LogP contribution in [0, 0.1) is 5.41 Å². The molecule has 0 aromatic rings. The normalized spacial score (nSPS) is 11.5. The molecule has 0 aliphatic rings. The smallest absolute Gasteiger partial charge is 0.313 e. The molecule has 154 valence electrons. The Labute approximate surface area is 162 Å². The van der Waals surface area contributed by atoms with E-state index in [9.17, 15) is 9.59 Å². The van der Waals surface area contributed by atoms with Crippen LogP contribution >= 0.6 is 0 Å². The van der Waals surface area contributed by atoms with E-state index in [1.54, 1.807) is 0 Å². The van der Waals surface area contributed by atoms with Crippen molar-refractivity contribution in [3.05, 3.63) is 0 Å². The first-order valence-corrected chi connectivity index (χ1v) is 11.1. The van der Waals surface area contributed by atoms with Gasteiger partial charge in [-0.25, -0.2) is 0 Å². The van der Waals surface area contributed by atoms with Gasteiger partial charge in [0.2, 0.25) is 0 Å². The minimum absolute atomic E-state index is 0.144. The molecule has 0 aliphatic carbocycles. The lowest BCUT2D eigenvalue weighted by molar-refractivity contribution is -0.160. The molecule has 3 nitrogen and oxygen atoms in total. The molecule has 0 spiro atoms. The van der Waals surface area contributed by atoms with Crippen molar-refractivity contribution in [2.24, 2.45) is 5.41 Å². The van der Waals surface area contributed by atoms with E-state index < -0.39 is 0 Å². The predicted molar refractivity (Wildman–Crippen MR) is 110 cm³/mol. The maximum atomic E-state index is 11.8. The van der Waals surface area contributed by atoms with E-state index in [-0.39, 0.29) is 17.4 Å². The van der Waals surface area contributed by atoms with Crippen LogP contribution in [0.1, 0.15) is 130 Å². The van der Waals surface area contributed by atoms with Gasteiger partial charge in [-0.2, -0.15) is 0 Å². The third kappa shape index (κ3) is 16.6. The minimum atomic E-state index is -0.371. The zero-order chi connectivity index (χ0) is 19.7. The molecule has 0 rings (SSSR count). The first kappa shape index (κ1) is 25.1. The van der Waals surface area contributed by atoms with E-state index in [1.165, 1.54) is 64.2 Å². The highest BCUT2D eigenvalue weighted by atomic mass is 16.6. The Hall–Kier alpha value is -0.860. The number of rotatable bonds is 17. The van der Waals surface area contributed by atoms with Crippen LogP contribution in [-0.4, -0.2) is 11.9 Å². The number of hydrogen-bond acceptors (Lipinski definition) is 3. The molecule has 0 fully saturated rings. The maximum absolute atomic E-state index is 11.8. The predicted octanol–water partition coefficient (Wildman–Crippen LogP) is 7.36. The van der Waals surface area contributed by atoms with Gasteiger partial charge >= 0.3 is 11.9 Å². The lowest BCUT2D eigenvalue weighted by atomic mass is 9.82. The van der Waals surface area contributed by atoms with Crippen LogP contribution in [0.5, 0.6) is 0 Å². The second kappa shape index (κ2) is 16.3. The Kier molecular flexibility index (Phi) is 15.8.